The van der Waals surface area contributed by atoms with Gasteiger partial charge in [0.05, 0.1) is 0 Å². The summed E-state index contributed by atoms with van der Waals surface area (Å²) < 4.78 is 2.12. The summed E-state index contributed by atoms with van der Waals surface area (Å²) >= 11 is 0. The van der Waals surface area contributed by atoms with Gasteiger partial charge >= 0.3 is 0 Å². The second kappa shape index (κ2) is 6.08. The van der Waals surface area contributed by atoms with Crippen LogP contribution in [0.25, 0.3) is 17.0 Å². The first-order chi connectivity index (χ1) is 11.3. The molecule has 0 radical (unpaired) electrons. The molecule has 3 aromatic heterocycles. The lowest BCUT2D eigenvalue weighted by molar-refractivity contribution is 0.340. The van der Waals surface area contributed by atoms with Gasteiger partial charge in [0.15, 0.2) is 5.65 Å². The third-order valence-corrected chi connectivity index (χ3v) is 4.65. The topological polar surface area (TPSA) is 46.8 Å². The molecule has 0 saturated carbocycles. The van der Waals surface area contributed by atoms with Gasteiger partial charge in [-0.15, -0.1) is 0 Å². The van der Waals surface area contributed by atoms with Gasteiger partial charge in [0.25, 0.3) is 0 Å². The van der Waals surface area contributed by atoms with Crippen molar-refractivity contribution in [3.05, 3.63) is 48.5 Å². The number of hydrogen-bond donors (Lipinski definition) is 0. The van der Waals surface area contributed by atoms with Crippen molar-refractivity contribution in [2.24, 2.45) is 5.92 Å². The van der Waals surface area contributed by atoms with Crippen molar-refractivity contribution in [3.63, 3.8) is 0 Å². The van der Waals surface area contributed by atoms with Gasteiger partial charge in [-0.2, -0.15) is 0 Å². The number of likely N-dealkylation sites (tertiary alicyclic amines) is 1. The van der Waals surface area contributed by atoms with E-state index >= 15 is 0 Å². The van der Waals surface area contributed by atoms with Crippen molar-refractivity contribution >= 4 is 11.2 Å². The van der Waals surface area contributed by atoms with Crippen molar-refractivity contribution in [2.75, 3.05) is 19.6 Å². The Hall–Kier alpha value is -2.27. The summed E-state index contributed by atoms with van der Waals surface area (Å²) in [4.78, 5) is 16.4. The maximum atomic E-state index is 4.85. The highest BCUT2D eigenvalue weighted by molar-refractivity contribution is 5.73. The smallest absolute Gasteiger partial charge is 0.165 e. The fourth-order valence-corrected chi connectivity index (χ4v) is 3.45. The largest absolute Gasteiger partial charge is 0.303 e. The summed E-state index contributed by atoms with van der Waals surface area (Å²) in [5.74, 6) is 2.63. The number of pyridine rings is 2. The standard InChI is InChI=1S/C18H21N5/c1-2-22-11-8-14(13-22)12-17-21-15-6-5-10-20-18(15)23(17)16-7-3-4-9-19-16/h3-7,9-10,14H,2,8,11-13H2,1H3. The quantitative estimate of drug-likeness (QED) is 0.743. The van der Waals surface area contributed by atoms with Crippen molar-refractivity contribution in [1.82, 2.24) is 24.4 Å². The lowest BCUT2D eigenvalue weighted by Crippen LogP contribution is -2.20. The second-order valence-electron chi connectivity index (χ2n) is 6.15. The second-order valence-corrected chi connectivity index (χ2v) is 6.15. The maximum Gasteiger partial charge on any atom is 0.165 e. The zero-order chi connectivity index (χ0) is 15.6. The highest BCUT2D eigenvalue weighted by Crippen LogP contribution is 2.24. The molecule has 0 aromatic carbocycles. The fourth-order valence-electron chi connectivity index (χ4n) is 3.45. The molecule has 0 spiro atoms. The first kappa shape index (κ1) is 14.3. The number of imidazole rings is 1. The van der Waals surface area contributed by atoms with Gasteiger partial charge in [0.2, 0.25) is 0 Å². The first-order valence-corrected chi connectivity index (χ1v) is 8.31. The summed E-state index contributed by atoms with van der Waals surface area (Å²) in [5.41, 5.74) is 1.84. The molecule has 3 aromatic rings. The molecule has 23 heavy (non-hydrogen) atoms. The van der Waals surface area contributed by atoms with Gasteiger partial charge in [-0.25, -0.2) is 15.0 Å². The van der Waals surface area contributed by atoms with Crippen molar-refractivity contribution in [1.29, 1.82) is 0 Å². The first-order valence-electron chi connectivity index (χ1n) is 8.31. The Morgan fingerprint density at radius 3 is 2.83 bits per heavy atom. The number of nitrogens with zero attached hydrogens (tertiary/aromatic N) is 5. The van der Waals surface area contributed by atoms with Crippen LogP contribution in [0.15, 0.2) is 42.7 Å². The minimum Gasteiger partial charge on any atom is -0.303 e. The highest BCUT2D eigenvalue weighted by atomic mass is 15.2. The molecular formula is C18H21N5. The van der Waals surface area contributed by atoms with Gasteiger partial charge < -0.3 is 4.90 Å². The number of aromatic nitrogens is 4. The van der Waals surface area contributed by atoms with Crippen LogP contribution >= 0.6 is 0 Å². The summed E-state index contributed by atoms with van der Waals surface area (Å²) in [6.07, 6.45) is 5.86. The Morgan fingerprint density at radius 1 is 1.13 bits per heavy atom. The number of fused-ring (bicyclic) bond motifs is 1. The molecule has 5 heteroatoms. The molecule has 4 rings (SSSR count). The van der Waals surface area contributed by atoms with E-state index in [9.17, 15) is 0 Å². The van der Waals surface area contributed by atoms with Crippen LogP contribution in [0.4, 0.5) is 0 Å². The Labute approximate surface area is 136 Å². The number of rotatable bonds is 4. The molecule has 0 N–H and O–H groups in total. The molecule has 5 nitrogen and oxygen atoms in total. The van der Waals surface area contributed by atoms with E-state index in [1.54, 1.807) is 0 Å². The summed E-state index contributed by atoms with van der Waals surface area (Å²) in [6, 6.07) is 9.93. The molecule has 118 valence electrons. The Morgan fingerprint density at radius 2 is 2.04 bits per heavy atom. The molecule has 1 aliphatic rings. The van der Waals surface area contributed by atoms with E-state index in [1.165, 1.54) is 13.0 Å². The normalized spacial score (nSPS) is 18.7. The molecule has 1 atom stereocenters. The molecule has 4 heterocycles. The van der Waals surface area contributed by atoms with Gasteiger partial charge in [-0.1, -0.05) is 13.0 Å². The number of hydrogen-bond acceptors (Lipinski definition) is 4. The molecular weight excluding hydrogens is 286 g/mol. The van der Waals surface area contributed by atoms with Crippen LogP contribution in [0.2, 0.25) is 0 Å². The third-order valence-electron chi connectivity index (χ3n) is 4.65. The SMILES string of the molecule is CCN1CCC(Cc2nc3cccnc3n2-c2ccccn2)C1. The minimum absolute atomic E-state index is 0.661. The lowest BCUT2D eigenvalue weighted by Gasteiger charge is -2.13. The van der Waals surface area contributed by atoms with Crippen LogP contribution < -0.4 is 0 Å². The van der Waals surface area contributed by atoms with Gasteiger partial charge in [0.1, 0.15) is 17.2 Å². The van der Waals surface area contributed by atoms with Crippen molar-refractivity contribution < 1.29 is 0 Å². The van der Waals surface area contributed by atoms with Crippen LogP contribution in [-0.2, 0) is 6.42 Å². The van der Waals surface area contributed by atoms with E-state index in [0.717, 1.165) is 42.3 Å². The molecule has 0 aliphatic carbocycles. The van der Waals surface area contributed by atoms with Crippen molar-refractivity contribution in [3.8, 4) is 5.82 Å². The van der Waals surface area contributed by atoms with E-state index < -0.39 is 0 Å². The van der Waals surface area contributed by atoms with Crippen LogP contribution in [0.1, 0.15) is 19.2 Å². The Balaban J connectivity index is 1.74. The molecule has 1 aliphatic heterocycles. The molecule has 1 saturated heterocycles. The van der Waals surface area contributed by atoms with Gasteiger partial charge in [-0.05, 0) is 49.7 Å². The molecule has 0 amide bonds. The minimum atomic E-state index is 0.661. The Bertz CT molecular complexity index is 796. The van der Waals surface area contributed by atoms with Gasteiger partial charge in [-0.3, -0.25) is 4.57 Å². The van der Waals surface area contributed by atoms with Crippen LogP contribution in [-0.4, -0.2) is 44.1 Å². The maximum absolute atomic E-state index is 4.85. The van der Waals surface area contributed by atoms with Crippen LogP contribution in [0.5, 0.6) is 0 Å². The predicted molar refractivity (Wildman–Crippen MR) is 90.6 cm³/mol. The average Bonchev–Trinajstić information content (AvgIpc) is 3.19. The van der Waals surface area contributed by atoms with E-state index in [-0.39, 0.29) is 0 Å². The van der Waals surface area contributed by atoms with E-state index in [0.29, 0.717) is 5.92 Å². The van der Waals surface area contributed by atoms with E-state index in [2.05, 4.69) is 26.4 Å². The molecule has 1 unspecified atom stereocenters. The predicted octanol–water partition coefficient (Wildman–Crippen LogP) is 2.70. The summed E-state index contributed by atoms with van der Waals surface area (Å²) in [6.45, 7) is 5.72. The molecule has 1 fully saturated rings. The fraction of sp³-hybridized carbons (Fsp3) is 0.389. The molecule has 0 bridgehead atoms. The van der Waals surface area contributed by atoms with Crippen LogP contribution in [0, 0.1) is 5.92 Å². The summed E-state index contributed by atoms with van der Waals surface area (Å²) in [5, 5.41) is 0. The van der Waals surface area contributed by atoms with Gasteiger partial charge in [0, 0.05) is 25.4 Å². The average molecular weight is 307 g/mol. The zero-order valence-corrected chi connectivity index (χ0v) is 13.4. The highest BCUT2D eigenvalue weighted by Gasteiger charge is 2.24. The van der Waals surface area contributed by atoms with E-state index in [1.807, 2.05) is 42.7 Å². The van der Waals surface area contributed by atoms with Crippen molar-refractivity contribution in [2.45, 2.75) is 19.8 Å². The van der Waals surface area contributed by atoms with Crippen LogP contribution in [0.3, 0.4) is 0 Å². The summed E-state index contributed by atoms with van der Waals surface area (Å²) in [7, 11) is 0. The third kappa shape index (κ3) is 2.72. The Kier molecular flexibility index (Phi) is 3.79. The zero-order valence-electron chi connectivity index (χ0n) is 13.4. The lowest BCUT2D eigenvalue weighted by atomic mass is 10.0. The monoisotopic (exact) mass is 307 g/mol. The van der Waals surface area contributed by atoms with E-state index in [4.69, 9.17) is 4.98 Å².